The molecule has 0 fully saturated rings. The summed E-state index contributed by atoms with van der Waals surface area (Å²) < 4.78 is 17.6. The zero-order valence-electron chi connectivity index (χ0n) is 19.2. The first-order valence-electron chi connectivity index (χ1n) is 10.3. The van der Waals surface area contributed by atoms with Crippen molar-refractivity contribution in [3.05, 3.63) is 48.0 Å². The number of aryl methyl sites for hydroxylation is 1. The van der Waals surface area contributed by atoms with Crippen LogP contribution in [0, 0.1) is 6.92 Å². The molecule has 176 valence electrons. The maximum atomic E-state index is 12.6. The second-order valence-corrected chi connectivity index (χ2v) is 8.08. The third-order valence-corrected chi connectivity index (χ3v) is 5.82. The molecule has 2 heterocycles. The summed E-state index contributed by atoms with van der Waals surface area (Å²) in [5, 5.41) is 12.0. The van der Waals surface area contributed by atoms with Gasteiger partial charge in [0.05, 0.1) is 14.2 Å². The monoisotopic (exact) mass is 480 g/mol. The number of thioether (sulfide) groups is 1. The molecule has 10 nitrogen and oxygen atoms in total. The standard InChI is InChI=1S/C23H24N6O4S/c1-13-7-5-6-8-15(13)25-18(30)12-29-20(24)19(23(27-29)34-4)22-26-21(28-33-22)14-9-10-16(31-2)17(11-14)32-3/h5-11H,12,24H2,1-4H3,(H,25,30). The molecule has 0 spiro atoms. The molecule has 4 aromatic rings. The summed E-state index contributed by atoms with van der Waals surface area (Å²) >= 11 is 1.37. The largest absolute Gasteiger partial charge is 0.493 e. The molecule has 2 aromatic heterocycles. The van der Waals surface area contributed by atoms with E-state index in [2.05, 4.69) is 20.6 Å². The number of aromatic nitrogens is 4. The Bertz CT molecular complexity index is 1330. The fourth-order valence-corrected chi connectivity index (χ4v) is 3.95. The van der Waals surface area contributed by atoms with Crippen molar-refractivity contribution in [3.8, 4) is 34.3 Å². The highest BCUT2D eigenvalue weighted by Gasteiger charge is 2.24. The molecule has 0 bridgehead atoms. The summed E-state index contributed by atoms with van der Waals surface area (Å²) in [6, 6.07) is 12.9. The molecule has 0 radical (unpaired) electrons. The molecule has 0 saturated heterocycles. The Morgan fingerprint density at radius 3 is 2.65 bits per heavy atom. The predicted molar refractivity (Wildman–Crippen MR) is 130 cm³/mol. The quantitative estimate of drug-likeness (QED) is 0.361. The number of nitrogen functional groups attached to an aromatic ring is 1. The number of hydrogen-bond acceptors (Lipinski definition) is 9. The first-order valence-corrected chi connectivity index (χ1v) is 11.5. The minimum absolute atomic E-state index is 0.0651. The summed E-state index contributed by atoms with van der Waals surface area (Å²) in [7, 11) is 3.12. The number of amides is 1. The second-order valence-electron chi connectivity index (χ2n) is 7.28. The number of carbonyl (C=O) groups is 1. The Balaban J connectivity index is 1.60. The number of anilines is 2. The zero-order chi connectivity index (χ0) is 24.2. The second kappa shape index (κ2) is 9.87. The van der Waals surface area contributed by atoms with Crippen LogP contribution in [0.4, 0.5) is 11.5 Å². The number of ether oxygens (including phenoxy) is 2. The van der Waals surface area contributed by atoms with Crippen LogP contribution in [-0.2, 0) is 11.3 Å². The average Bonchev–Trinajstić information content (AvgIpc) is 3.44. The third-order valence-electron chi connectivity index (χ3n) is 5.15. The third kappa shape index (κ3) is 4.55. The van der Waals surface area contributed by atoms with E-state index >= 15 is 0 Å². The molecular weight excluding hydrogens is 456 g/mol. The van der Waals surface area contributed by atoms with E-state index in [4.69, 9.17) is 19.7 Å². The van der Waals surface area contributed by atoms with Crippen LogP contribution in [0.3, 0.4) is 0 Å². The van der Waals surface area contributed by atoms with Crippen LogP contribution in [-0.4, -0.2) is 46.3 Å². The highest BCUT2D eigenvalue weighted by molar-refractivity contribution is 7.98. The van der Waals surface area contributed by atoms with Crippen molar-refractivity contribution < 1.29 is 18.8 Å². The van der Waals surface area contributed by atoms with Crippen molar-refractivity contribution in [2.75, 3.05) is 31.5 Å². The summed E-state index contributed by atoms with van der Waals surface area (Å²) in [4.78, 5) is 17.1. The molecule has 0 unspecified atom stereocenters. The summed E-state index contributed by atoms with van der Waals surface area (Å²) in [6.45, 7) is 1.86. The molecule has 34 heavy (non-hydrogen) atoms. The van der Waals surface area contributed by atoms with E-state index in [-0.39, 0.29) is 24.2 Å². The first kappa shape index (κ1) is 23.2. The Kier molecular flexibility index (Phi) is 6.73. The van der Waals surface area contributed by atoms with Crippen LogP contribution in [0.2, 0.25) is 0 Å². The van der Waals surface area contributed by atoms with E-state index < -0.39 is 0 Å². The molecule has 1 amide bonds. The van der Waals surface area contributed by atoms with E-state index in [1.54, 1.807) is 32.4 Å². The molecule has 2 aromatic carbocycles. The van der Waals surface area contributed by atoms with Crippen molar-refractivity contribution in [2.24, 2.45) is 0 Å². The molecule has 4 rings (SSSR count). The van der Waals surface area contributed by atoms with Crippen LogP contribution >= 0.6 is 11.8 Å². The van der Waals surface area contributed by atoms with Gasteiger partial charge in [-0.25, -0.2) is 4.68 Å². The summed E-state index contributed by atoms with van der Waals surface area (Å²) in [5.74, 6) is 1.70. The molecule has 11 heteroatoms. The fraction of sp³-hybridized carbons (Fsp3) is 0.217. The lowest BCUT2D eigenvalue weighted by molar-refractivity contribution is -0.116. The molecule has 0 aliphatic heterocycles. The fourth-order valence-electron chi connectivity index (χ4n) is 3.37. The van der Waals surface area contributed by atoms with Crippen LogP contribution in [0.5, 0.6) is 11.5 Å². The van der Waals surface area contributed by atoms with Gasteiger partial charge < -0.3 is 25.0 Å². The first-order chi connectivity index (χ1) is 16.4. The molecule has 0 aliphatic carbocycles. The molecular formula is C23H24N6O4S. The molecule has 0 atom stereocenters. The number of carbonyl (C=O) groups excluding carboxylic acids is 1. The lowest BCUT2D eigenvalue weighted by Gasteiger charge is -2.09. The normalized spacial score (nSPS) is 10.8. The number of benzene rings is 2. The maximum absolute atomic E-state index is 12.6. The van der Waals surface area contributed by atoms with Crippen molar-refractivity contribution in [1.29, 1.82) is 0 Å². The highest BCUT2D eigenvalue weighted by Crippen LogP contribution is 2.36. The van der Waals surface area contributed by atoms with E-state index in [1.807, 2.05) is 37.4 Å². The van der Waals surface area contributed by atoms with Crippen molar-refractivity contribution in [2.45, 2.75) is 18.5 Å². The molecule has 0 aliphatic rings. The van der Waals surface area contributed by atoms with E-state index in [1.165, 1.54) is 16.4 Å². The lowest BCUT2D eigenvalue weighted by atomic mass is 10.2. The van der Waals surface area contributed by atoms with Gasteiger partial charge in [-0.05, 0) is 43.0 Å². The smallest absolute Gasteiger partial charge is 0.264 e. The summed E-state index contributed by atoms with van der Waals surface area (Å²) in [6.07, 6.45) is 1.86. The maximum Gasteiger partial charge on any atom is 0.264 e. The van der Waals surface area contributed by atoms with Gasteiger partial charge in [-0.2, -0.15) is 10.1 Å². The van der Waals surface area contributed by atoms with Gasteiger partial charge in [0.1, 0.15) is 23.0 Å². The number of methoxy groups -OCH3 is 2. The Hall–Kier alpha value is -3.99. The van der Waals surface area contributed by atoms with E-state index in [9.17, 15) is 4.79 Å². The van der Waals surface area contributed by atoms with Crippen molar-refractivity contribution >= 4 is 29.2 Å². The minimum atomic E-state index is -0.251. The highest BCUT2D eigenvalue weighted by atomic mass is 32.2. The topological polar surface area (TPSA) is 130 Å². The van der Waals surface area contributed by atoms with Crippen LogP contribution in [0.25, 0.3) is 22.8 Å². The van der Waals surface area contributed by atoms with Crippen molar-refractivity contribution in [1.82, 2.24) is 19.9 Å². The summed E-state index contributed by atoms with van der Waals surface area (Å²) in [5.41, 5.74) is 9.22. The SMILES string of the molecule is COc1ccc(-c2noc(-c3c(SC)nn(CC(=O)Nc4ccccc4C)c3N)n2)cc1OC. The van der Waals surface area contributed by atoms with Gasteiger partial charge in [-0.3, -0.25) is 4.79 Å². The van der Waals surface area contributed by atoms with Gasteiger partial charge in [-0.1, -0.05) is 23.4 Å². The zero-order valence-corrected chi connectivity index (χ0v) is 20.0. The van der Waals surface area contributed by atoms with Gasteiger partial charge in [0.2, 0.25) is 11.7 Å². The predicted octanol–water partition coefficient (Wildman–Crippen LogP) is 3.87. The van der Waals surface area contributed by atoms with Gasteiger partial charge in [0.15, 0.2) is 11.5 Å². The Morgan fingerprint density at radius 1 is 1.18 bits per heavy atom. The van der Waals surface area contributed by atoms with Gasteiger partial charge in [-0.15, -0.1) is 11.8 Å². The number of nitrogens with one attached hydrogen (secondary N) is 1. The molecule has 0 saturated carbocycles. The number of hydrogen-bond donors (Lipinski definition) is 2. The van der Waals surface area contributed by atoms with Gasteiger partial charge in [0, 0.05) is 11.3 Å². The number of para-hydroxylation sites is 1. The average molecular weight is 481 g/mol. The van der Waals surface area contributed by atoms with E-state index in [0.29, 0.717) is 33.5 Å². The number of rotatable bonds is 8. The van der Waals surface area contributed by atoms with Crippen LogP contribution in [0.15, 0.2) is 52.0 Å². The number of nitrogens with zero attached hydrogens (tertiary/aromatic N) is 4. The minimum Gasteiger partial charge on any atom is -0.493 e. The Morgan fingerprint density at radius 2 is 1.94 bits per heavy atom. The molecule has 3 N–H and O–H groups in total. The van der Waals surface area contributed by atoms with Crippen molar-refractivity contribution in [3.63, 3.8) is 0 Å². The van der Waals surface area contributed by atoms with Gasteiger partial charge in [0.25, 0.3) is 5.89 Å². The van der Waals surface area contributed by atoms with Gasteiger partial charge >= 0.3 is 0 Å². The van der Waals surface area contributed by atoms with E-state index in [0.717, 1.165) is 11.3 Å². The lowest BCUT2D eigenvalue weighted by Crippen LogP contribution is -2.21. The van der Waals surface area contributed by atoms with Crippen LogP contribution < -0.4 is 20.5 Å². The number of nitrogens with two attached hydrogens (primary N) is 1. The Labute approximate surface area is 200 Å². The van der Waals surface area contributed by atoms with Crippen LogP contribution in [0.1, 0.15) is 5.56 Å².